The first kappa shape index (κ1) is 26.4. The van der Waals surface area contributed by atoms with Crippen LogP contribution in [0.3, 0.4) is 0 Å². The van der Waals surface area contributed by atoms with Gasteiger partial charge in [0.25, 0.3) is 0 Å². The average molecular weight is 514 g/mol. The molecule has 1 atom stereocenters. The molecule has 0 bridgehead atoms. The van der Waals surface area contributed by atoms with E-state index >= 15 is 0 Å². The third-order valence-electron chi connectivity index (χ3n) is 6.22. The zero-order valence-electron chi connectivity index (χ0n) is 21.2. The summed E-state index contributed by atoms with van der Waals surface area (Å²) in [6.45, 7) is 4.87. The van der Waals surface area contributed by atoms with E-state index in [2.05, 4.69) is 15.6 Å². The van der Waals surface area contributed by atoms with Crippen molar-refractivity contribution in [1.82, 2.24) is 10.3 Å². The first-order chi connectivity index (χ1) is 17.7. The minimum Gasteiger partial charge on any atom is -0.496 e. The minimum absolute atomic E-state index is 0.0153. The van der Waals surface area contributed by atoms with Crippen LogP contribution >= 0.6 is 0 Å². The van der Waals surface area contributed by atoms with E-state index in [4.69, 9.17) is 23.7 Å². The third kappa shape index (κ3) is 6.58. The van der Waals surface area contributed by atoms with Crippen molar-refractivity contribution in [2.45, 2.75) is 50.9 Å². The topological polar surface area (TPSA) is 115 Å². The third-order valence-corrected chi connectivity index (χ3v) is 6.22. The summed E-state index contributed by atoms with van der Waals surface area (Å²) in [6.07, 6.45) is 6.22. The average Bonchev–Trinajstić information content (AvgIpc) is 3.39. The smallest absolute Gasteiger partial charge is 0.335 e. The van der Waals surface area contributed by atoms with E-state index in [1.807, 2.05) is 32.0 Å². The summed E-state index contributed by atoms with van der Waals surface area (Å²) in [5.74, 6) is -1.46. The lowest BCUT2D eigenvalue weighted by Crippen LogP contribution is -2.62. The number of aromatic nitrogens is 1. The quantitative estimate of drug-likeness (QED) is 0.294. The molecular formula is C27H32FN3O6. The standard InChI is InChI=1S/C27H32FN3O6/c1-26(2,11-13-35-22-9-6-18(25(32)33)14-21(22)28)31-27(10-4-5-12-37-27)30-19-7-8-20(23(15-19)34-3)24-16-29-17-36-24/h6-9,14-17,30-31H,4-5,10-13H2,1-3H3,(H,32,33). The summed E-state index contributed by atoms with van der Waals surface area (Å²) in [7, 11) is 1.60. The van der Waals surface area contributed by atoms with Crippen molar-refractivity contribution in [3.63, 3.8) is 0 Å². The molecule has 1 saturated heterocycles. The number of aromatic carboxylic acids is 1. The van der Waals surface area contributed by atoms with E-state index in [-0.39, 0.29) is 17.9 Å². The number of nitrogens with zero attached hydrogens (tertiary/aromatic N) is 1. The van der Waals surface area contributed by atoms with Crippen LogP contribution in [0.2, 0.25) is 0 Å². The van der Waals surface area contributed by atoms with Gasteiger partial charge in [-0.3, -0.25) is 5.32 Å². The Hall–Kier alpha value is -3.63. The molecule has 1 aromatic heterocycles. The lowest BCUT2D eigenvalue weighted by atomic mass is 9.98. The molecule has 37 heavy (non-hydrogen) atoms. The Balaban J connectivity index is 1.44. The van der Waals surface area contributed by atoms with Crippen LogP contribution < -0.4 is 20.1 Å². The number of hydrogen-bond donors (Lipinski definition) is 3. The fraction of sp³-hybridized carbons (Fsp3) is 0.407. The number of oxazole rings is 1. The van der Waals surface area contributed by atoms with E-state index in [0.717, 1.165) is 36.6 Å². The number of carboxylic acid groups (broad SMARTS) is 1. The summed E-state index contributed by atoms with van der Waals surface area (Å²) in [4.78, 5) is 15.0. The number of benzene rings is 2. The van der Waals surface area contributed by atoms with Crippen LogP contribution in [0.4, 0.5) is 10.1 Å². The second-order valence-electron chi connectivity index (χ2n) is 9.60. The molecule has 1 unspecified atom stereocenters. The molecule has 0 saturated carbocycles. The van der Waals surface area contributed by atoms with Gasteiger partial charge in [-0.2, -0.15) is 0 Å². The highest BCUT2D eigenvalue weighted by Crippen LogP contribution is 2.35. The van der Waals surface area contributed by atoms with Crippen molar-refractivity contribution in [3.8, 4) is 22.8 Å². The fourth-order valence-electron chi connectivity index (χ4n) is 4.35. The number of carboxylic acids is 1. The number of halogens is 1. The van der Waals surface area contributed by atoms with Gasteiger partial charge in [-0.25, -0.2) is 14.2 Å². The second-order valence-corrected chi connectivity index (χ2v) is 9.60. The summed E-state index contributed by atoms with van der Waals surface area (Å²) in [5.41, 5.74) is 1.02. The molecular weight excluding hydrogens is 481 g/mol. The number of carbonyl (C=O) groups is 1. The van der Waals surface area contributed by atoms with Crippen LogP contribution in [-0.2, 0) is 4.74 Å². The maximum absolute atomic E-state index is 14.2. The summed E-state index contributed by atoms with van der Waals surface area (Å²) in [5, 5.41) is 16.1. The molecule has 1 fully saturated rings. The van der Waals surface area contributed by atoms with Gasteiger partial charge >= 0.3 is 5.97 Å². The Morgan fingerprint density at radius 2 is 2.05 bits per heavy atom. The maximum Gasteiger partial charge on any atom is 0.335 e. The van der Waals surface area contributed by atoms with Crippen molar-refractivity contribution in [2.24, 2.45) is 0 Å². The number of nitrogens with one attached hydrogen (secondary N) is 2. The van der Waals surface area contributed by atoms with Crippen molar-refractivity contribution in [1.29, 1.82) is 0 Å². The lowest BCUT2D eigenvalue weighted by Gasteiger charge is -2.44. The van der Waals surface area contributed by atoms with Gasteiger partial charge in [-0.15, -0.1) is 0 Å². The normalized spacial score (nSPS) is 17.8. The molecule has 2 heterocycles. The molecule has 198 valence electrons. The molecule has 0 spiro atoms. The molecule has 1 aliphatic rings. The summed E-state index contributed by atoms with van der Waals surface area (Å²) < 4.78 is 37.1. The zero-order chi connectivity index (χ0) is 26.5. The van der Waals surface area contributed by atoms with Crippen LogP contribution in [0.1, 0.15) is 49.9 Å². The summed E-state index contributed by atoms with van der Waals surface area (Å²) in [6, 6.07) is 9.34. The Morgan fingerprint density at radius 3 is 2.70 bits per heavy atom. The molecule has 2 aromatic carbocycles. The monoisotopic (exact) mass is 513 g/mol. The van der Waals surface area contributed by atoms with Gasteiger partial charge < -0.3 is 29.1 Å². The van der Waals surface area contributed by atoms with Crippen LogP contribution in [0.15, 0.2) is 53.4 Å². The van der Waals surface area contributed by atoms with Crippen molar-refractivity contribution < 1.29 is 32.9 Å². The number of anilines is 1. The highest BCUT2D eigenvalue weighted by molar-refractivity contribution is 5.87. The van der Waals surface area contributed by atoms with E-state index < -0.39 is 23.2 Å². The van der Waals surface area contributed by atoms with Crippen molar-refractivity contribution >= 4 is 11.7 Å². The number of ether oxygens (including phenoxy) is 3. The van der Waals surface area contributed by atoms with Crippen LogP contribution in [0.25, 0.3) is 11.3 Å². The first-order valence-electron chi connectivity index (χ1n) is 12.1. The first-order valence-corrected chi connectivity index (χ1v) is 12.1. The molecule has 0 aliphatic carbocycles. The van der Waals surface area contributed by atoms with Gasteiger partial charge in [0.05, 0.1) is 37.6 Å². The number of methoxy groups -OCH3 is 1. The van der Waals surface area contributed by atoms with E-state index in [1.54, 1.807) is 13.3 Å². The number of rotatable bonds is 11. The maximum atomic E-state index is 14.2. The largest absolute Gasteiger partial charge is 0.496 e. The Kier molecular flexibility index (Phi) is 7.99. The van der Waals surface area contributed by atoms with E-state index in [1.165, 1.54) is 18.5 Å². The molecule has 0 radical (unpaired) electrons. The van der Waals surface area contributed by atoms with Crippen LogP contribution in [0, 0.1) is 5.82 Å². The van der Waals surface area contributed by atoms with Gasteiger partial charge in [0.1, 0.15) is 5.75 Å². The van der Waals surface area contributed by atoms with Crippen LogP contribution in [0.5, 0.6) is 11.5 Å². The molecule has 9 nitrogen and oxygen atoms in total. The summed E-state index contributed by atoms with van der Waals surface area (Å²) >= 11 is 0. The van der Waals surface area contributed by atoms with Gasteiger partial charge in [0.2, 0.25) is 0 Å². The molecule has 0 amide bonds. The fourth-order valence-corrected chi connectivity index (χ4v) is 4.35. The van der Waals surface area contributed by atoms with Crippen molar-refractivity contribution in [3.05, 3.63) is 60.4 Å². The van der Waals surface area contributed by atoms with E-state index in [0.29, 0.717) is 24.5 Å². The lowest BCUT2D eigenvalue weighted by molar-refractivity contribution is -0.0971. The predicted octanol–water partition coefficient (Wildman–Crippen LogP) is 5.29. The molecule has 3 aromatic rings. The highest BCUT2D eigenvalue weighted by atomic mass is 19.1. The van der Waals surface area contributed by atoms with Crippen molar-refractivity contribution in [2.75, 3.05) is 25.6 Å². The minimum atomic E-state index is -1.19. The Morgan fingerprint density at radius 1 is 1.22 bits per heavy atom. The second kappa shape index (κ2) is 11.2. The van der Waals surface area contributed by atoms with Gasteiger partial charge in [0, 0.05) is 23.7 Å². The predicted molar refractivity (Wildman–Crippen MR) is 135 cm³/mol. The molecule has 10 heteroatoms. The van der Waals surface area contributed by atoms with Crippen LogP contribution in [-0.4, -0.2) is 47.8 Å². The van der Waals surface area contributed by atoms with Gasteiger partial charge in [0.15, 0.2) is 29.6 Å². The van der Waals surface area contributed by atoms with Gasteiger partial charge in [-0.1, -0.05) is 0 Å². The zero-order valence-corrected chi connectivity index (χ0v) is 21.2. The Bertz CT molecular complexity index is 1210. The molecule has 4 rings (SSSR count). The molecule has 3 N–H and O–H groups in total. The Labute approximate surface area is 214 Å². The SMILES string of the molecule is COc1cc(NC2(NC(C)(C)CCOc3ccc(C(=O)O)cc3F)CCCCO2)ccc1-c1cnco1. The highest BCUT2D eigenvalue weighted by Gasteiger charge is 2.38. The number of hydrogen-bond acceptors (Lipinski definition) is 8. The van der Waals surface area contributed by atoms with E-state index in [9.17, 15) is 9.18 Å². The molecule has 1 aliphatic heterocycles. The van der Waals surface area contributed by atoms with Gasteiger partial charge in [-0.05, 0) is 63.4 Å².